The van der Waals surface area contributed by atoms with E-state index < -0.39 is 17.9 Å². The molecular formula is C26H25FO6. The molecular weight excluding hydrogens is 427 g/mol. The lowest BCUT2D eigenvalue weighted by molar-refractivity contribution is -0.148. The fourth-order valence-electron chi connectivity index (χ4n) is 3.15. The number of methoxy groups -OCH3 is 1. The van der Waals surface area contributed by atoms with Crippen molar-refractivity contribution in [1.82, 2.24) is 0 Å². The molecule has 0 amide bonds. The van der Waals surface area contributed by atoms with Crippen molar-refractivity contribution in [3.63, 3.8) is 0 Å². The van der Waals surface area contributed by atoms with Gasteiger partial charge in [-0.15, -0.1) is 0 Å². The van der Waals surface area contributed by atoms with E-state index in [9.17, 15) is 14.0 Å². The van der Waals surface area contributed by atoms with E-state index in [0.29, 0.717) is 36.7 Å². The lowest BCUT2D eigenvalue weighted by atomic mass is 10.0. The molecule has 6 nitrogen and oxygen atoms in total. The van der Waals surface area contributed by atoms with Gasteiger partial charge in [0, 0.05) is 25.5 Å². The van der Waals surface area contributed by atoms with E-state index in [-0.39, 0.29) is 17.8 Å². The first-order valence-corrected chi connectivity index (χ1v) is 10.5. The van der Waals surface area contributed by atoms with Crippen LogP contribution in [0.1, 0.15) is 27.9 Å². The first kappa shape index (κ1) is 23.9. The van der Waals surface area contributed by atoms with E-state index in [1.165, 1.54) is 19.2 Å². The molecule has 0 heterocycles. The maximum atomic E-state index is 13.8. The number of carboxylic acid groups (broad SMARTS) is 1. The van der Waals surface area contributed by atoms with E-state index in [4.69, 9.17) is 19.3 Å². The zero-order valence-corrected chi connectivity index (χ0v) is 18.2. The summed E-state index contributed by atoms with van der Waals surface area (Å²) in [6.45, 7) is 0.867. The minimum atomic E-state index is -0.996. The largest absolute Gasteiger partial charge is 0.493 e. The van der Waals surface area contributed by atoms with E-state index in [1.54, 1.807) is 48.5 Å². The molecule has 0 aliphatic carbocycles. The summed E-state index contributed by atoms with van der Waals surface area (Å²) in [5.41, 5.74) is 1.27. The molecule has 0 saturated carbocycles. The number of rotatable bonds is 12. The third-order valence-corrected chi connectivity index (χ3v) is 4.97. The van der Waals surface area contributed by atoms with E-state index in [2.05, 4.69) is 0 Å². The van der Waals surface area contributed by atoms with Gasteiger partial charge in [0.2, 0.25) is 0 Å². The average molecular weight is 452 g/mol. The standard InChI is InChI=1S/C26H25FO6/c1-31-24(26(29)30)17-18-7-11-20(12-8-18)32-15-4-16-33-21-13-9-19(10-14-21)25(28)22-5-2-3-6-23(22)27/h2-3,5-14,24H,4,15-17H2,1H3,(H,29,30)/t24-/m0/s1. The minimum absolute atomic E-state index is 0.0387. The Morgan fingerprint density at radius 1 is 0.879 bits per heavy atom. The number of hydrogen-bond donors (Lipinski definition) is 1. The number of aliphatic carboxylic acids is 1. The molecule has 7 heteroatoms. The van der Waals surface area contributed by atoms with Crippen LogP contribution in [0.3, 0.4) is 0 Å². The molecule has 3 aromatic carbocycles. The van der Waals surface area contributed by atoms with E-state index >= 15 is 0 Å². The molecule has 33 heavy (non-hydrogen) atoms. The van der Waals surface area contributed by atoms with Crippen LogP contribution in [0.4, 0.5) is 4.39 Å². The van der Waals surface area contributed by atoms with Gasteiger partial charge in [-0.3, -0.25) is 4.79 Å². The van der Waals surface area contributed by atoms with Gasteiger partial charge in [0.25, 0.3) is 0 Å². The van der Waals surface area contributed by atoms with Crippen LogP contribution in [0, 0.1) is 5.82 Å². The number of ether oxygens (including phenoxy) is 3. The Labute approximate surface area is 191 Å². The Bertz CT molecular complexity index is 1060. The molecule has 172 valence electrons. The summed E-state index contributed by atoms with van der Waals surface area (Å²) in [6.07, 6.45) is 0.0492. The molecule has 0 unspecified atom stereocenters. The normalized spacial score (nSPS) is 11.6. The van der Waals surface area contributed by atoms with Crippen LogP contribution in [0.25, 0.3) is 0 Å². The summed E-state index contributed by atoms with van der Waals surface area (Å²) in [5, 5.41) is 9.04. The van der Waals surface area contributed by atoms with Crippen LogP contribution in [-0.2, 0) is 16.0 Å². The van der Waals surface area contributed by atoms with Crippen molar-refractivity contribution in [3.8, 4) is 11.5 Å². The summed E-state index contributed by atoms with van der Waals surface area (Å²) in [7, 11) is 1.37. The third kappa shape index (κ3) is 6.89. The van der Waals surface area contributed by atoms with Crippen LogP contribution in [0.2, 0.25) is 0 Å². The predicted octanol–water partition coefficient (Wildman–Crippen LogP) is 4.55. The van der Waals surface area contributed by atoms with Crippen molar-refractivity contribution in [2.75, 3.05) is 20.3 Å². The van der Waals surface area contributed by atoms with Crippen molar-refractivity contribution >= 4 is 11.8 Å². The third-order valence-electron chi connectivity index (χ3n) is 4.97. The molecule has 0 bridgehead atoms. The van der Waals surface area contributed by atoms with Crippen molar-refractivity contribution in [2.24, 2.45) is 0 Å². The second kappa shape index (κ2) is 11.8. The Morgan fingerprint density at radius 3 is 2.00 bits per heavy atom. The molecule has 0 radical (unpaired) electrons. The van der Waals surface area contributed by atoms with Gasteiger partial charge >= 0.3 is 5.97 Å². The summed E-state index contributed by atoms with van der Waals surface area (Å²) >= 11 is 0. The predicted molar refractivity (Wildman–Crippen MR) is 120 cm³/mol. The fraction of sp³-hybridized carbons (Fsp3) is 0.231. The van der Waals surface area contributed by atoms with Gasteiger partial charge < -0.3 is 19.3 Å². The Kier molecular flexibility index (Phi) is 8.55. The molecule has 0 aliphatic rings. The van der Waals surface area contributed by atoms with Gasteiger partial charge in [0.05, 0.1) is 18.8 Å². The zero-order chi connectivity index (χ0) is 23.6. The number of hydrogen-bond acceptors (Lipinski definition) is 5. The van der Waals surface area contributed by atoms with Crippen LogP contribution in [0.5, 0.6) is 11.5 Å². The molecule has 1 N–H and O–H groups in total. The molecule has 0 fully saturated rings. The SMILES string of the molecule is CO[C@@H](Cc1ccc(OCCCOc2ccc(C(=O)c3ccccc3F)cc2)cc1)C(=O)O. The second-order valence-corrected chi connectivity index (χ2v) is 7.29. The summed E-state index contributed by atoms with van der Waals surface area (Å²) in [4.78, 5) is 23.4. The lowest BCUT2D eigenvalue weighted by Gasteiger charge is -2.11. The van der Waals surface area contributed by atoms with Gasteiger partial charge in [0.15, 0.2) is 11.9 Å². The summed E-state index contributed by atoms with van der Waals surface area (Å²) < 4.78 is 30.1. The minimum Gasteiger partial charge on any atom is -0.493 e. The van der Waals surface area contributed by atoms with Gasteiger partial charge in [-0.25, -0.2) is 9.18 Å². The van der Waals surface area contributed by atoms with Crippen molar-refractivity contribution < 1.29 is 33.3 Å². The molecule has 3 aromatic rings. The summed E-state index contributed by atoms with van der Waals surface area (Å²) in [5.74, 6) is -0.629. The molecule has 0 aliphatic heterocycles. The van der Waals surface area contributed by atoms with Crippen LogP contribution >= 0.6 is 0 Å². The zero-order valence-electron chi connectivity index (χ0n) is 18.2. The van der Waals surface area contributed by atoms with Crippen LogP contribution in [0.15, 0.2) is 72.8 Å². The second-order valence-electron chi connectivity index (χ2n) is 7.29. The maximum Gasteiger partial charge on any atom is 0.333 e. The summed E-state index contributed by atoms with van der Waals surface area (Å²) in [6, 6.07) is 19.7. The number of carbonyl (C=O) groups excluding carboxylic acids is 1. The quantitative estimate of drug-likeness (QED) is 0.321. The monoisotopic (exact) mass is 452 g/mol. The van der Waals surface area contributed by atoms with Crippen molar-refractivity contribution in [2.45, 2.75) is 18.9 Å². The Balaban J connectivity index is 1.40. The van der Waals surface area contributed by atoms with E-state index in [0.717, 1.165) is 5.56 Å². The van der Waals surface area contributed by atoms with E-state index in [1.807, 2.05) is 12.1 Å². The first-order chi connectivity index (χ1) is 16.0. The van der Waals surface area contributed by atoms with Crippen molar-refractivity contribution in [3.05, 3.63) is 95.3 Å². The first-order valence-electron chi connectivity index (χ1n) is 10.5. The highest BCUT2D eigenvalue weighted by Gasteiger charge is 2.16. The highest BCUT2D eigenvalue weighted by molar-refractivity contribution is 6.09. The molecule has 0 saturated heterocycles. The highest BCUT2D eigenvalue weighted by Crippen LogP contribution is 2.18. The Morgan fingerprint density at radius 2 is 1.45 bits per heavy atom. The van der Waals surface area contributed by atoms with Gasteiger partial charge in [-0.1, -0.05) is 24.3 Å². The highest BCUT2D eigenvalue weighted by atomic mass is 19.1. The number of benzene rings is 3. The number of carboxylic acids is 1. The number of halogens is 1. The molecule has 0 spiro atoms. The molecule has 0 aromatic heterocycles. The van der Waals surface area contributed by atoms with Gasteiger partial charge in [0.1, 0.15) is 17.3 Å². The smallest absolute Gasteiger partial charge is 0.333 e. The average Bonchev–Trinajstić information content (AvgIpc) is 2.83. The van der Waals surface area contributed by atoms with Crippen molar-refractivity contribution in [1.29, 1.82) is 0 Å². The number of carbonyl (C=O) groups is 2. The maximum absolute atomic E-state index is 13.8. The van der Waals surface area contributed by atoms with Gasteiger partial charge in [-0.05, 0) is 54.1 Å². The Hall–Kier alpha value is -3.71. The lowest BCUT2D eigenvalue weighted by Crippen LogP contribution is -2.24. The van der Waals surface area contributed by atoms with Gasteiger partial charge in [-0.2, -0.15) is 0 Å². The molecule has 3 rings (SSSR count). The van der Waals surface area contributed by atoms with Crippen LogP contribution < -0.4 is 9.47 Å². The number of ketones is 1. The molecule has 1 atom stereocenters. The topological polar surface area (TPSA) is 82.1 Å². The fourth-order valence-corrected chi connectivity index (χ4v) is 3.15. The van der Waals surface area contributed by atoms with Crippen LogP contribution in [-0.4, -0.2) is 43.3 Å².